The highest BCUT2D eigenvalue weighted by atomic mass is 16.2. The second-order valence-electron chi connectivity index (χ2n) is 6.40. The molecule has 1 aliphatic heterocycles. The number of anilines is 1. The standard InChI is InChI=1S/C17H24N4O2/c1-12(16(22)20-17(23)19-14-7-8-14)21-10-9-15(11-21)18-13-5-3-2-4-6-13/h2-6,12,14-15,18H,7-11H2,1H3,(H2,19,20,22,23). The molecule has 3 amide bonds. The number of nitrogens with one attached hydrogen (secondary N) is 3. The van der Waals surface area contributed by atoms with Gasteiger partial charge < -0.3 is 10.6 Å². The highest BCUT2D eigenvalue weighted by Crippen LogP contribution is 2.19. The normalized spacial score (nSPS) is 22.4. The molecular formula is C17H24N4O2. The monoisotopic (exact) mass is 316 g/mol. The van der Waals surface area contributed by atoms with Crippen LogP contribution in [0, 0.1) is 0 Å². The first-order valence-electron chi connectivity index (χ1n) is 8.29. The lowest BCUT2D eigenvalue weighted by Gasteiger charge is -2.23. The van der Waals surface area contributed by atoms with Crippen LogP contribution < -0.4 is 16.0 Å². The van der Waals surface area contributed by atoms with Crippen molar-refractivity contribution >= 4 is 17.6 Å². The molecule has 3 N–H and O–H groups in total. The van der Waals surface area contributed by atoms with Crippen LogP contribution >= 0.6 is 0 Å². The Morgan fingerprint density at radius 3 is 2.57 bits per heavy atom. The molecule has 1 aliphatic carbocycles. The molecule has 6 nitrogen and oxygen atoms in total. The average Bonchev–Trinajstić information content (AvgIpc) is 3.23. The van der Waals surface area contributed by atoms with E-state index in [4.69, 9.17) is 0 Å². The Balaban J connectivity index is 1.45. The van der Waals surface area contributed by atoms with Crippen LogP contribution in [-0.4, -0.2) is 48.1 Å². The van der Waals surface area contributed by atoms with E-state index >= 15 is 0 Å². The van der Waals surface area contributed by atoms with Crippen LogP contribution in [-0.2, 0) is 4.79 Å². The van der Waals surface area contributed by atoms with Gasteiger partial charge in [-0.1, -0.05) is 18.2 Å². The Bertz CT molecular complexity index is 559. The van der Waals surface area contributed by atoms with Gasteiger partial charge in [0.05, 0.1) is 6.04 Å². The maximum absolute atomic E-state index is 12.2. The molecule has 0 bridgehead atoms. The van der Waals surface area contributed by atoms with Crippen molar-refractivity contribution in [2.24, 2.45) is 0 Å². The van der Waals surface area contributed by atoms with E-state index in [2.05, 4.69) is 20.9 Å². The Morgan fingerprint density at radius 1 is 1.13 bits per heavy atom. The number of hydrogen-bond acceptors (Lipinski definition) is 4. The Labute approximate surface area is 136 Å². The van der Waals surface area contributed by atoms with Gasteiger partial charge in [0, 0.05) is 30.9 Å². The summed E-state index contributed by atoms with van der Waals surface area (Å²) >= 11 is 0. The zero-order valence-corrected chi connectivity index (χ0v) is 13.4. The number of carbonyl (C=O) groups excluding carboxylic acids is 2. The Hall–Kier alpha value is -2.08. The fraction of sp³-hybridized carbons (Fsp3) is 0.529. The van der Waals surface area contributed by atoms with Crippen molar-refractivity contribution < 1.29 is 9.59 Å². The summed E-state index contributed by atoms with van der Waals surface area (Å²) in [6.07, 6.45) is 3.01. The lowest BCUT2D eigenvalue weighted by atomic mass is 10.2. The molecule has 1 aromatic rings. The summed E-state index contributed by atoms with van der Waals surface area (Å²) in [7, 11) is 0. The predicted molar refractivity (Wildman–Crippen MR) is 89.2 cm³/mol. The van der Waals surface area contributed by atoms with Gasteiger partial charge in [-0.2, -0.15) is 0 Å². The van der Waals surface area contributed by atoms with Crippen molar-refractivity contribution in [1.29, 1.82) is 0 Å². The minimum atomic E-state index is -0.373. The van der Waals surface area contributed by atoms with Gasteiger partial charge in [0.2, 0.25) is 5.91 Å². The molecule has 2 unspecified atom stereocenters. The molecule has 1 saturated heterocycles. The van der Waals surface area contributed by atoms with E-state index in [9.17, 15) is 9.59 Å². The average molecular weight is 316 g/mol. The van der Waals surface area contributed by atoms with E-state index in [0.29, 0.717) is 6.04 Å². The van der Waals surface area contributed by atoms with Crippen LogP contribution in [0.5, 0.6) is 0 Å². The third kappa shape index (κ3) is 4.45. The third-order valence-electron chi connectivity index (χ3n) is 4.44. The van der Waals surface area contributed by atoms with Crippen molar-refractivity contribution in [1.82, 2.24) is 15.5 Å². The van der Waals surface area contributed by atoms with Crippen molar-refractivity contribution in [3.05, 3.63) is 30.3 Å². The van der Waals surface area contributed by atoms with Crippen LogP contribution in [0.4, 0.5) is 10.5 Å². The molecule has 23 heavy (non-hydrogen) atoms. The summed E-state index contributed by atoms with van der Waals surface area (Å²) in [5.41, 5.74) is 1.10. The zero-order chi connectivity index (χ0) is 16.2. The molecule has 2 fully saturated rings. The molecule has 0 aromatic heterocycles. The molecule has 3 rings (SSSR count). The highest BCUT2D eigenvalue weighted by molar-refractivity contribution is 5.97. The van der Waals surface area contributed by atoms with E-state index in [1.807, 2.05) is 37.3 Å². The molecule has 2 aliphatic rings. The largest absolute Gasteiger partial charge is 0.381 e. The number of hydrogen-bond donors (Lipinski definition) is 3. The summed E-state index contributed by atoms with van der Waals surface area (Å²) in [5, 5.41) is 8.70. The Kier molecular flexibility index (Phi) is 4.81. The molecule has 1 aromatic carbocycles. The number of carbonyl (C=O) groups is 2. The maximum Gasteiger partial charge on any atom is 0.321 e. The van der Waals surface area contributed by atoms with Crippen molar-refractivity contribution in [2.75, 3.05) is 18.4 Å². The zero-order valence-electron chi connectivity index (χ0n) is 13.4. The van der Waals surface area contributed by atoms with Crippen molar-refractivity contribution in [3.63, 3.8) is 0 Å². The lowest BCUT2D eigenvalue weighted by Crippen LogP contribution is -2.49. The van der Waals surface area contributed by atoms with Crippen LogP contribution in [0.1, 0.15) is 26.2 Å². The smallest absolute Gasteiger partial charge is 0.321 e. The van der Waals surface area contributed by atoms with E-state index < -0.39 is 0 Å². The number of imide groups is 1. The summed E-state index contributed by atoms with van der Waals surface area (Å²) in [5.74, 6) is -0.233. The molecule has 0 radical (unpaired) electrons. The summed E-state index contributed by atoms with van der Waals surface area (Å²) in [6.45, 7) is 3.50. The first-order chi connectivity index (χ1) is 11.1. The van der Waals surface area contributed by atoms with E-state index in [0.717, 1.165) is 38.0 Å². The first-order valence-corrected chi connectivity index (χ1v) is 8.29. The Morgan fingerprint density at radius 2 is 1.87 bits per heavy atom. The number of amides is 3. The summed E-state index contributed by atoms with van der Waals surface area (Å²) in [6, 6.07) is 9.99. The SMILES string of the molecule is CC(C(=O)NC(=O)NC1CC1)N1CCC(Nc2ccccc2)C1. The maximum atomic E-state index is 12.2. The molecule has 0 spiro atoms. The lowest BCUT2D eigenvalue weighted by molar-refractivity contribution is -0.124. The number of rotatable bonds is 5. The van der Waals surface area contributed by atoms with Crippen molar-refractivity contribution in [2.45, 2.75) is 44.3 Å². The summed E-state index contributed by atoms with van der Waals surface area (Å²) in [4.78, 5) is 25.9. The highest BCUT2D eigenvalue weighted by Gasteiger charge is 2.31. The van der Waals surface area contributed by atoms with Gasteiger partial charge in [-0.25, -0.2) is 4.79 Å². The van der Waals surface area contributed by atoms with Gasteiger partial charge in [0.25, 0.3) is 0 Å². The molecule has 6 heteroatoms. The van der Waals surface area contributed by atoms with E-state index in [-0.39, 0.29) is 24.0 Å². The number of urea groups is 1. The van der Waals surface area contributed by atoms with Crippen LogP contribution in [0.2, 0.25) is 0 Å². The second kappa shape index (κ2) is 7.00. The van der Waals surface area contributed by atoms with Gasteiger partial charge in [-0.05, 0) is 38.3 Å². The number of likely N-dealkylation sites (tertiary alicyclic amines) is 1. The minimum Gasteiger partial charge on any atom is -0.381 e. The number of para-hydroxylation sites is 1. The quantitative estimate of drug-likeness (QED) is 0.770. The predicted octanol–water partition coefficient (Wildman–Crippen LogP) is 1.55. The topological polar surface area (TPSA) is 73.5 Å². The molecule has 124 valence electrons. The van der Waals surface area contributed by atoms with Gasteiger partial charge in [0.15, 0.2) is 0 Å². The fourth-order valence-corrected chi connectivity index (χ4v) is 2.86. The molecule has 1 saturated carbocycles. The molecule has 2 atom stereocenters. The van der Waals surface area contributed by atoms with E-state index in [1.165, 1.54) is 0 Å². The van der Waals surface area contributed by atoms with Crippen molar-refractivity contribution in [3.8, 4) is 0 Å². The second-order valence-corrected chi connectivity index (χ2v) is 6.40. The van der Waals surface area contributed by atoms with Crippen LogP contribution in [0.15, 0.2) is 30.3 Å². The minimum absolute atomic E-state index is 0.233. The van der Waals surface area contributed by atoms with Gasteiger partial charge in [-0.3, -0.25) is 15.0 Å². The first kappa shape index (κ1) is 15.8. The van der Waals surface area contributed by atoms with Crippen LogP contribution in [0.3, 0.4) is 0 Å². The number of benzene rings is 1. The van der Waals surface area contributed by atoms with Gasteiger partial charge in [0.1, 0.15) is 0 Å². The van der Waals surface area contributed by atoms with Crippen LogP contribution in [0.25, 0.3) is 0 Å². The van der Waals surface area contributed by atoms with Gasteiger partial charge >= 0.3 is 6.03 Å². The molecular weight excluding hydrogens is 292 g/mol. The third-order valence-corrected chi connectivity index (χ3v) is 4.44. The summed E-state index contributed by atoms with van der Waals surface area (Å²) < 4.78 is 0. The molecule has 1 heterocycles. The van der Waals surface area contributed by atoms with Gasteiger partial charge in [-0.15, -0.1) is 0 Å². The number of nitrogens with zero attached hydrogens (tertiary/aromatic N) is 1. The fourth-order valence-electron chi connectivity index (χ4n) is 2.86. The van der Waals surface area contributed by atoms with E-state index in [1.54, 1.807) is 0 Å².